The van der Waals surface area contributed by atoms with Crippen molar-refractivity contribution < 1.29 is 14.6 Å². The summed E-state index contributed by atoms with van der Waals surface area (Å²) in [4.78, 5) is 12.3. The van der Waals surface area contributed by atoms with Gasteiger partial charge in [0.2, 0.25) is 5.91 Å². The van der Waals surface area contributed by atoms with E-state index in [9.17, 15) is 9.90 Å². The van der Waals surface area contributed by atoms with Crippen molar-refractivity contribution in [3.05, 3.63) is 18.2 Å². The number of anilines is 1. The molecule has 1 fully saturated rings. The van der Waals surface area contributed by atoms with Gasteiger partial charge in [0.1, 0.15) is 11.5 Å². The van der Waals surface area contributed by atoms with Gasteiger partial charge in [-0.3, -0.25) is 4.79 Å². The van der Waals surface area contributed by atoms with Crippen LogP contribution in [0.2, 0.25) is 0 Å². The van der Waals surface area contributed by atoms with Gasteiger partial charge < -0.3 is 20.5 Å². The Kier molecular flexibility index (Phi) is 3.95. The third kappa shape index (κ3) is 2.98. The fourth-order valence-corrected chi connectivity index (χ4v) is 2.27. The maximum absolute atomic E-state index is 12.3. The number of carbonyl (C=O) groups excluding carboxylic acids is 1. The Bertz CT molecular complexity index is 468. The highest BCUT2D eigenvalue weighted by atomic mass is 16.5. The van der Waals surface area contributed by atoms with Gasteiger partial charge in [0.15, 0.2) is 0 Å². The number of rotatable bonds is 3. The molecule has 3 N–H and O–H groups in total. The number of piperidine rings is 1. The Morgan fingerprint density at radius 1 is 1.53 bits per heavy atom. The number of phenols is 1. The zero-order chi connectivity index (χ0) is 13.9. The van der Waals surface area contributed by atoms with Crippen LogP contribution in [-0.2, 0) is 4.79 Å². The molecule has 5 heteroatoms. The number of hydrogen-bond donors (Lipinski definition) is 3. The number of aromatic hydroxyl groups is 1. The molecule has 1 saturated heterocycles. The van der Waals surface area contributed by atoms with E-state index in [2.05, 4.69) is 10.6 Å². The van der Waals surface area contributed by atoms with Crippen LogP contribution >= 0.6 is 0 Å². The number of carbonyl (C=O) groups is 1. The fraction of sp³-hybridized carbons (Fsp3) is 0.500. The molecule has 1 heterocycles. The number of ether oxygens (including phenoxy) is 1. The molecule has 19 heavy (non-hydrogen) atoms. The van der Waals surface area contributed by atoms with Crippen LogP contribution in [-0.4, -0.2) is 31.2 Å². The van der Waals surface area contributed by atoms with Crippen LogP contribution in [0.25, 0.3) is 0 Å². The van der Waals surface area contributed by atoms with E-state index in [-0.39, 0.29) is 11.7 Å². The first-order valence-electron chi connectivity index (χ1n) is 6.44. The molecule has 0 aromatic heterocycles. The lowest BCUT2D eigenvalue weighted by atomic mass is 9.82. The van der Waals surface area contributed by atoms with E-state index >= 15 is 0 Å². The summed E-state index contributed by atoms with van der Waals surface area (Å²) in [5.74, 6) is 0.501. The minimum atomic E-state index is -0.426. The maximum Gasteiger partial charge on any atom is 0.231 e. The Labute approximate surface area is 113 Å². The summed E-state index contributed by atoms with van der Waals surface area (Å²) in [5.41, 5.74) is -0.0115. The van der Waals surface area contributed by atoms with Crippen LogP contribution < -0.4 is 15.4 Å². The second-order valence-corrected chi connectivity index (χ2v) is 5.18. The number of methoxy groups -OCH3 is 1. The lowest BCUT2D eigenvalue weighted by molar-refractivity contribution is -0.125. The van der Waals surface area contributed by atoms with Gasteiger partial charge in [-0.05, 0) is 38.4 Å². The predicted molar refractivity (Wildman–Crippen MR) is 73.5 cm³/mol. The molecule has 0 aliphatic carbocycles. The number of nitrogens with one attached hydrogen (secondary N) is 2. The van der Waals surface area contributed by atoms with Crippen molar-refractivity contribution in [1.29, 1.82) is 0 Å². The molecule has 0 bridgehead atoms. The Hall–Kier alpha value is -1.75. The first kappa shape index (κ1) is 13.7. The summed E-state index contributed by atoms with van der Waals surface area (Å²) in [6, 6.07) is 4.83. The average Bonchev–Trinajstić information content (AvgIpc) is 2.41. The van der Waals surface area contributed by atoms with E-state index in [0.717, 1.165) is 19.4 Å². The van der Waals surface area contributed by atoms with Crippen LogP contribution in [0, 0.1) is 5.41 Å². The van der Waals surface area contributed by atoms with Crippen molar-refractivity contribution in [3.8, 4) is 11.5 Å². The quantitative estimate of drug-likeness (QED) is 0.727. The number of phenolic OH excluding ortho intramolecular Hbond substituents is 1. The van der Waals surface area contributed by atoms with E-state index < -0.39 is 5.41 Å². The van der Waals surface area contributed by atoms with Crippen molar-refractivity contribution in [3.63, 3.8) is 0 Å². The normalized spacial score (nSPS) is 22.8. The lowest BCUT2D eigenvalue weighted by Crippen LogP contribution is -2.46. The SMILES string of the molecule is COc1ccc(NC(=O)C2(C)CCCNC2)c(O)c1. The average molecular weight is 264 g/mol. The van der Waals surface area contributed by atoms with E-state index in [1.807, 2.05) is 6.92 Å². The van der Waals surface area contributed by atoms with Crippen LogP contribution in [0.5, 0.6) is 11.5 Å². The van der Waals surface area contributed by atoms with Crippen molar-refractivity contribution in [2.24, 2.45) is 5.41 Å². The van der Waals surface area contributed by atoms with Gasteiger partial charge in [-0.1, -0.05) is 0 Å². The molecular formula is C14H20N2O3. The van der Waals surface area contributed by atoms with Gasteiger partial charge in [0.05, 0.1) is 18.2 Å². The molecule has 1 atom stereocenters. The van der Waals surface area contributed by atoms with Gasteiger partial charge in [0.25, 0.3) is 0 Å². The molecule has 5 nitrogen and oxygen atoms in total. The number of hydrogen-bond acceptors (Lipinski definition) is 4. The molecule has 1 amide bonds. The summed E-state index contributed by atoms with van der Waals surface area (Å²) in [7, 11) is 1.53. The van der Waals surface area contributed by atoms with Crippen molar-refractivity contribution >= 4 is 11.6 Å². The zero-order valence-electron chi connectivity index (χ0n) is 11.3. The van der Waals surface area contributed by atoms with Crippen LogP contribution in [0.4, 0.5) is 5.69 Å². The van der Waals surface area contributed by atoms with Gasteiger partial charge in [-0.25, -0.2) is 0 Å². The maximum atomic E-state index is 12.3. The highest BCUT2D eigenvalue weighted by molar-refractivity contribution is 5.96. The fourth-order valence-electron chi connectivity index (χ4n) is 2.27. The molecule has 1 aromatic rings. The van der Waals surface area contributed by atoms with Crippen LogP contribution in [0.3, 0.4) is 0 Å². The molecule has 1 unspecified atom stereocenters. The van der Waals surface area contributed by atoms with Gasteiger partial charge >= 0.3 is 0 Å². The monoisotopic (exact) mass is 264 g/mol. The first-order chi connectivity index (χ1) is 9.05. The minimum absolute atomic E-state index is 0.0140. The molecule has 0 saturated carbocycles. The van der Waals surface area contributed by atoms with Crippen molar-refractivity contribution in [2.75, 3.05) is 25.5 Å². The number of benzene rings is 1. The van der Waals surface area contributed by atoms with Crippen molar-refractivity contribution in [2.45, 2.75) is 19.8 Å². The summed E-state index contributed by atoms with van der Waals surface area (Å²) in [5, 5.41) is 15.9. The van der Waals surface area contributed by atoms with E-state index in [1.165, 1.54) is 13.2 Å². The van der Waals surface area contributed by atoms with Crippen molar-refractivity contribution in [1.82, 2.24) is 5.32 Å². The topological polar surface area (TPSA) is 70.6 Å². The summed E-state index contributed by atoms with van der Waals surface area (Å²) in [6.07, 6.45) is 1.83. The Balaban J connectivity index is 2.10. The van der Waals surface area contributed by atoms with E-state index in [1.54, 1.807) is 12.1 Å². The lowest BCUT2D eigenvalue weighted by Gasteiger charge is -2.32. The highest BCUT2D eigenvalue weighted by Crippen LogP contribution is 2.31. The minimum Gasteiger partial charge on any atom is -0.506 e. The molecule has 2 rings (SSSR count). The highest BCUT2D eigenvalue weighted by Gasteiger charge is 2.34. The molecule has 1 aliphatic rings. The molecule has 0 radical (unpaired) electrons. The van der Waals surface area contributed by atoms with Crippen LogP contribution in [0.1, 0.15) is 19.8 Å². The van der Waals surface area contributed by atoms with Gasteiger partial charge in [-0.15, -0.1) is 0 Å². The van der Waals surface area contributed by atoms with E-state index in [0.29, 0.717) is 18.0 Å². The number of amides is 1. The standard InChI is InChI=1S/C14H20N2O3/c1-14(6-3-7-15-9-14)13(18)16-11-5-4-10(19-2)8-12(11)17/h4-5,8,15,17H,3,6-7,9H2,1-2H3,(H,16,18). The smallest absolute Gasteiger partial charge is 0.231 e. The first-order valence-corrected chi connectivity index (χ1v) is 6.44. The second kappa shape index (κ2) is 5.48. The van der Waals surface area contributed by atoms with Crippen LogP contribution in [0.15, 0.2) is 18.2 Å². The Morgan fingerprint density at radius 2 is 2.32 bits per heavy atom. The van der Waals surface area contributed by atoms with E-state index in [4.69, 9.17) is 4.74 Å². The van der Waals surface area contributed by atoms with Gasteiger partial charge in [-0.2, -0.15) is 0 Å². The molecule has 1 aliphatic heterocycles. The predicted octanol–water partition coefficient (Wildman–Crippen LogP) is 1.73. The summed E-state index contributed by atoms with van der Waals surface area (Å²) < 4.78 is 5.01. The molecular weight excluding hydrogens is 244 g/mol. The van der Waals surface area contributed by atoms with Gasteiger partial charge in [0, 0.05) is 12.6 Å². The third-order valence-electron chi connectivity index (χ3n) is 3.60. The zero-order valence-corrected chi connectivity index (χ0v) is 11.3. The third-order valence-corrected chi connectivity index (χ3v) is 3.60. The Morgan fingerprint density at radius 3 is 2.89 bits per heavy atom. The summed E-state index contributed by atoms with van der Waals surface area (Å²) >= 11 is 0. The molecule has 104 valence electrons. The molecule has 1 aromatic carbocycles. The largest absolute Gasteiger partial charge is 0.506 e. The molecule has 0 spiro atoms. The summed E-state index contributed by atoms with van der Waals surface area (Å²) in [6.45, 7) is 3.56. The second-order valence-electron chi connectivity index (χ2n) is 5.18.